The van der Waals surface area contributed by atoms with Gasteiger partial charge in [-0.15, -0.1) is 0 Å². The average molecular weight is 190 g/mol. The maximum atomic E-state index is 9.53. The Bertz CT molecular complexity index is 133. The molecule has 0 spiro atoms. The zero-order valence-corrected chi connectivity index (χ0v) is 9.06. The first-order valence-electron chi connectivity index (χ1n) is 4.99. The van der Waals surface area contributed by atoms with Gasteiger partial charge in [0, 0.05) is 19.1 Å². The van der Waals surface area contributed by atoms with Crippen molar-refractivity contribution in [1.82, 2.24) is 10.1 Å². The van der Waals surface area contributed by atoms with Gasteiger partial charge < -0.3 is 10.4 Å². The number of rotatable bonds is 6. The molecule has 13 heavy (non-hydrogen) atoms. The van der Waals surface area contributed by atoms with Gasteiger partial charge in [-0.2, -0.15) is 10.1 Å². The lowest BCUT2D eigenvalue weighted by Gasteiger charge is -2.33. The number of hydrogen-bond acceptors (Lipinski definition) is 4. The van der Waals surface area contributed by atoms with Gasteiger partial charge in [0.05, 0.1) is 6.04 Å². The molecule has 2 unspecified atom stereocenters. The lowest BCUT2D eigenvalue weighted by atomic mass is 10.1. The van der Waals surface area contributed by atoms with E-state index in [2.05, 4.69) is 0 Å². The third kappa shape index (κ3) is 3.60. The topological polar surface area (TPSA) is 46.9 Å². The summed E-state index contributed by atoms with van der Waals surface area (Å²) in [5.41, 5.74) is 0. The first-order chi connectivity index (χ1) is 6.08. The molecule has 0 fully saturated rings. The van der Waals surface area contributed by atoms with Gasteiger partial charge >= 0.3 is 0 Å². The SMILES string of the molecule is CCC(C(C)N(O)CC)N(O)CC. The third-order valence-electron chi connectivity index (χ3n) is 2.48. The van der Waals surface area contributed by atoms with Crippen molar-refractivity contribution >= 4 is 0 Å². The van der Waals surface area contributed by atoms with Gasteiger partial charge in [0.15, 0.2) is 0 Å². The van der Waals surface area contributed by atoms with Crippen LogP contribution in [-0.2, 0) is 0 Å². The average Bonchev–Trinajstić information content (AvgIpc) is 2.17. The maximum Gasteiger partial charge on any atom is 0.0523 e. The minimum absolute atomic E-state index is 0.00468. The Morgan fingerprint density at radius 2 is 1.46 bits per heavy atom. The summed E-state index contributed by atoms with van der Waals surface area (Å²) in [6.45, 7) is 8.86. The molecule has 0 aromatic rings. The van der Waals surface area contributed by atoms with Crippen LogP contribution in [0.3, 0.4) is 0 Å². The van der Waals surface area contributed by atoms with Crippen molar-refractivity contribution < 1.29 is 10.4 Å². The van der Waals surface area contributed by atoms with Crippen molar-refractivity contribution in [2.24, 2.45) is 0 Å². The smallest absolute Gasteiger partial charge is 0.0523 e. The van der Waals surface area contributed by atoms with Gasteiger partial charge in [0.2, 0.25) is 0 Å². The molecule has 0 rings (SSSR count). The Kier molecular flexibility index (Phi) is 6.24. The summed E-state index contributed by atoms with van der Waals surface area (Å²) in [7, 11) is 0. The molecular formula is C9H22N2O2. The van der Waals surface area contributed by atoms with Crippen LogP contribution in [0.4, 0.5) is 0 Å². The predicted octanol–water partition coefficient (Wildman–Crippen LogP) is 1.58. The molecule has 0 aliphatic heterocycles. The zero-order valence-electron chi connectivity index (χ0n) is 9.06. The molecule has 0 aromatic carbocycles. The lowest BCUT2D eigenvalue weighted by Crippen LogP contribution is -2.47. The van der Waals surface area contributed by atoms with E-state index in [1.165, 1.54) is 10.1 Å². The molecule has 0 bridgehead atoms. The van der Waals surface area contributed by atoms with E-state index in [0.29, 0.717) is 13.1 Å². The molecule has 0 saturated heterocycles. The van der Waals surface area contributed by atoms with Gasteiger partial charge in [-0.3, -0.25) is 0 Å². The molecule has 2 N–H and O–H groups in total. The molecule has 80 valence electrons. The van der Waals surface area contributed by atoms with Crippen molar-refractivity contribution in [3.63, 3.8) is 0 Å². The van der Waals surface area contributed by atoms with Crippen LogP contribution in [-0.4, -0.2) is 45.7 Å². The van der Waals surface area contributed by atoms with E-state index in [1.807, 2.05) is 27.7 Å². The second-order valence-electron chi connectivity index (χ2n) is 3.23. The summed E-state index contributed by atoms with van der Waals surface area (Å²) in [6, 6.07) is -0.0464. The van der Waals surface area contributed by atoms with Gasteiger partial charge in [-0.25, -0.2) is 0 Å². The molecule has 0 radical (unpaired) electrons. The normalized spacial score (nSPS) is 16.6. The molecule has 4 nitrogen and oxygen atoms in total. The van der Waals surface area contributed by atoms with Gasteiger partial charge in [-0.1, -0.05) is 20.8 Å². The monoisotopic (exact) mass is 190 g/mol. The lowest BCUT2D eigenvalue weighted by molar-refractivity contribution is -0.191. The zero-order chi connectivity index (χ0) is 10.4. The summed E-state index contributed by atoms with van der Waals surface area (Å²) >= 11 is 0. The van der Waals surface area contributed by atoms with Gasteiger partial charge in [0.25, 0.3) is 0 Å². The fraction of sp³-hybridized carbons (Fsp3) is 1.00. The second kappa shape index (κ2) is 6.32. The first kappa shape index (κ1) is 12.8. The summed E-state index contributed by atoms with van der Waals surface area (Å²) in [5.74, 6) is 0. The van der Waals surface area contributed by atoms with Crippen molar-refractivity contribution in [3.05, 3.63) is 0 Å². The molecule has 0 amide bonds. The fourth-order valence-electron chi connectivity index (χ4n) is 1.52. The molecule has 0 aliphatic carbocycles. The minimum Gasteiger partial charge on any atom is -0.314 e. The summed E-state index contributed by atoms with van der Waals surface area (Å²) in [5, 5.41) is 21.5. The van der Waals surface area contributed by atoms with Gasteiger partial charge in [-0.05, 0) is 13.3 Å². The predicted molar refractivity (Wildman–Crippen MR) is 51.9 cm³/mol. The summed E-state index contributed by atoms with van der Waals surface area (Å²) < 4.78 is 0. The number of hydrogen-bond donors (Lipinski definition) is 2. The highest BCUT2D eigenvalue weighted by molar-refractivity contribution is 4.74. The van der Waals surface area contributed by atoms with E-state index in [9.17, 15) is 10.4 Å². The Hall–Kier alpha value is -0.160. The van der Waals surface area contributed by atoms with Gasteiger partial charge in [0.1, 0.15) is 0 Å². The van der Waals surface area contributed by atoms with Crippen molar-refractivity contribution in [1.29, 1.82) is 0 Å². The second-order valence-corrected chi connectivity index (χ2v) is 3.23. The highest BCUT2D eigenvalue weighted by Gasteiger charge is 2.24. The number of likely N-dealkylation sites (N-methyl/N-ethyl adjacent to an activating group) is 2. The Morgan fingerprint density at radius 1 is 1.00 bits per heavy atom. The van der Waals surface area contributed by atoms with Crippen molar-refractivity contribution in [3.8, 4) is 0 Å². The van der Waals surface area contributed by atoms with Crippen LogP contribution >= 0.6 is 0 Å². The van der Waals surface area contributed by atoms with E-state index in [0.717, 1.165) is 6.42 Å². The van der Waals surface area contributed by atoms with Crippen molar-refractivity contribution in [2.75, 3.05) is 13.1 Å². The van der Waals surface area contributed by atoms with Crippen LogP contribution in [0.5, 0.6) is 0 Å². The fourth-order valence-corrected chi connectivity index (χ4v) is 1.52. The Labute approximate surface area is 80.7 Å². The van der Waals surface area contributed by atoms with Crippen molar-refractivity contribution in [2.45, 2.75) is 46.2 Å². The van der Waals surface area contributed by atoms with Crippen LogP contribution in [0.15, 0.2) is 0 Å². The molecular weight excluding hydrogens is 168 g/mol. The molecule has 0 aliphatic rings. The van der Waals surface area contributed by atoms with Crippen LogP contribution in [0, 0.1) is 0 Å². The number of hydroxylamine groups is 4. The van der Waals surface area contributed by atoms with Crippen LogP contribution in [0.1, 0.15) is 34.1 Å². The third-order valence-corrected chi connectivity index (χ3v) is 2.48. The first-order valence-corrected chi connectivity index (χ1v) is 4.99. The number of nitrogens with zero attached hydrogens (tertiary/aromatic N) is 2. The van der Waals surface area contributed by atoms with E-state index < -0.39 is 0 Å². The van der Waals surface area contributed by atoms with E-state index >= 15 is 0 Å². The quantitative estimate of drug-likeness (QED) is 0.624. The molecule has 0 aromatic heterocycles. The van der Waals surface area contributed by atoms with Crippen LogP contribution in [0.2, 0.25) is 0 Å². The van der Waals surface area contributed by atoms with Crippen LogP contribution in [0.25, 0.3) is 0 Å². The van der Waals surface area contributed by atoms with E-state index in [1.54, 1.807) is 0 Å². The van der Waals surface area contributed by atoms with E-state index in [-0.39, 0.29) is 12.1 Å². The molecule has 2 atom stereocenters. The highest BCUT2D eigenvalue weighted by atomic mass is 16.5. The molecule has 0 heterocycles. The highest BCUT2D eigenvalue weighted by Crippen LogP contribution is 2.10. The minimum atomic E-state index is -0.0417. The Morgan fingerprint density at radius 3 is 1.77 bits per heavy atom. The summed E-state index contributed by atoms with van der Waals surface area (Å²) in [4.78, 5) is 0. The molecule has 4 heteroatoms. The van der Waals surface area contributed by atoms with E-state index in [4.69, 9.17) is 0 Å². The Balaban J connectivity index is 4.21. The molecule has 0 saturated carbocycles. The maximum absolute atomic E-state index is 9.53. The standard InChI is InChI=1S/C9H22N2O2/c1-5-9(11(13)7-3)8(4)10(12)6-2/h8-9,12-13H,5-7H2,1-4H3. The van der Waals surface area contributed by atoms with Crippen LogP contribution < -0.4 is 0 Å². The summed E-state index contributed by atoms with van der Waals surface area (Å²) in [6.07, 6.45) is 0.822. The largest absolute Gasteiger partial charge is 0.314 e.